The summed E-state index contributed by atoms with van der Waals surface area (Å²) in [6.07, 6.45) is 0.904. The molecule has 1 unspecified atom stereocenters. The molecule has 0 radical (unpaired) electrons. The van der Waals surface area contributed by atoms with Crippen LogP contribution in [0.1, 0.15) is 17.3 Å². The predicted molar refractivity (Wildman–Crippen MR) is 108 cm³/mol. The van der Waals surface area contributed by atoms with Gasteiger partial charge < -0.3 is 24.3 Å². The van der Waals surface area contributed by atoms with Gasteiger partial charge in [0.1, 0.15) is 22.8 Å². The molecular weight excluding hydrogens is 382 g/mol. The number of ether oxygens (including phenoxy) is 4. The van der Waals surface area contributed by atoms with Crippen LogP contribution >= 0.6 is 11.8 Å². The van der Waals surface area contributed by atoms with Gasteiger partial charge in [0, 0.05) is 28.8 Å². The van der Waals surface area contributed by atoms with Crippen LogP contribution in [0.5, 0.6) is 17.2 Å². The third-order valence-electron chi connectivity index (χ3n) is 3.90. The largest absolute Gasteiger partial charge is 0.497 e. The zero-order valence-corrected chi connectivity index (χ0v) is 17.2. The second kappa shape index (κ2) is 9.89. The molecule has 2 aromatic rings. The molecule has 0 bridgehead atoms. The van der Waals surface area contributed by atoms with Gasteiger partial charge >= 0.3 is 5.97 Å². The quantitative estimate of drug-likeness (QED) is 0.530. The van der Waals surface area contributed by atoms with Crippen molar-refractivity contribution in [3.05, 3.63) is 42.0 Å². The fraction of sp³-hybridized carbons (Fsp3) is 0.300. The van der Waals surface area contributed by atoms with Crippen LogP contribution in [-0.4, -0.2) is 45.6 Å². The molecule has 0 saturated heterocycles. The minimum atomic E-state index is -1.02. The van der Waals surface area contributed by atoms with Gasteiger partial charge in [-0.2, -0.15) is 0 Å². The van der Waals surface area contributed by atoms with Crippen LogP contribution in [0.3, 0.4) is 0 Å². The Hall–Kier alpha value is -2.87. The fourth-order valence-electron chi connectivity index (χ4n) is 2.37. The van der Waals surface area contributed by atoms with Gasteiger partial charge in [-0.1, -0.05) is 0 Å². The lowest BCUT2D eigenvalue weighted by atomic mass is 10.2. The Kier molecular flexibility index (Phi) is 7.57. The minimum Gasteiger partial charge on any atom is -0.497 e. The van der Waals surface area contributed by atoms with Crippen molar-refractivity contribution in [3.8, 4) is 17.2 Å². The van der Waals surface area contributed by atoms with Crippen LogP contribution < -0.4 is 19.5 Å². The molecular formula is C20H23NO6S. The summed E-state index contributed by atoms with van der Waals surface area (Å²) < 4.78 is 20.9. The lowest BCUT2D eigenvalue weighted by Crippen LogP contribution is -2.30. The first-order valence-corrected chi connectivity index (χ1v) is 9.61. The van der Waals surface area contributed by atoms with Crippen LogP contribution in [0.25, 0.3) is 0 Å². The summed E-state index contributed by atoms with van der Waals surface area (Å²) in [5.74, 6) is 0.316. The number of anilines is 1. The van der Waals surface area contributed by atoms with E-state index in [1.54, 1.807) is 36.4 Å². The average molecular weight is 405 g/mol. The van der Waals surface area contributed by atoms with E-state index in [0.717, 1.165) is 4.90 Å². The number of rotatable bonds is 8. The molecule has 0 saturated carbocycles. The Morgan fingerprint density at radius 2 is 1.61 bits per heavy atom. The molecule has 2 aromatic carbocycles. The number of esters is 1. The van der Waals surface area contributed by atoms with Gasteiger partial charge in [0.05, 0.1) is 21.3 Å². The smallest absolute Gasteiger partial charge is 0.342 e. The number of thioether (sulfide) groups is 1. The van der Waals surface area contributed by atoms with Crippen molar-refractivity contribution >= 4 is 29.3 Å². The molecule has 0 heterocycles. The van der Waals surface area contributed by atoms with Gasteiger partial charge in [0.25, 0.3) is 5.91 Å². The molecule has 8 heteroatoms. The van der Waals surface area contributed by atoms with Crippen LogP contribution in [0.15, 0.2) is 41.3 Å². The van der Waals surface area contributed by atoms with Crippen molar-refractivity contribution in [3.63, 3.8) is 0 Å². The summed E-state index contributed by atoms with van der Waals surface area (Å²) in [6, 6.07) is 10.1. The highest BCUT2D eigenvalue weighted by molar-refractivity contribution is 7.98. The van der Waals surface area contributed by atoms with Gasteiger partial charge in [-0.15, -0.1) is 11.8 Å². The summed E-state index contributed by atoms with van der Waals surface area (Å²) in [5.41, 5.74) is 0.717. The SMILES string of the molecule is COc1cc(NC(=O)C(C)OC(=O)c2ccc(SC)cc2OC)cc(OC)c1. The van der Waals surface area contributed by atoms with Gasteiger partial charge in [0.15, 0.2) is 6.10 Å². The van der Waals surface area contributed by atoms with E-state index < -0.39 is 18.0 Å². The zero-order valence-electron chi connectivity index (χ0n) is 16.4. The number of carbonyl (C=O) groups excluding carboxylic acids is 2. The fourth-order valence-corrected chi connectivity index (χ4v) is 2.80. The summed E-state index contributed by atoms with van der Waals surface area (Å²) in [4.78, 5) is 25.8. The number of hydrogen-bond donors (Lipinski definition) is 1. The lowest BCUT2D eigenvalue weighted by molar-refractivity contribution is -0.123. The Morgan fingerprint density at radius 1 is 0.964 bits per heavy atom. The Labute approximate surface area is 168 Å². The number of methoxy groups -OCH3 is 3. The first kappa shape index (κ1) is 21.4. The van der Waals surface area contributed by atoms with Gasteiger partial charge in [-0.25, -0.2) is 4.79 Å². The van der Waals surface area contributed by atoms with Crippen molar-refractivity contribution < 1.29 is 28.5 Å². The normalized spacial score (nSPS) is 11.3. The molecule has 2 rings (SSSR count). The highest BCUT2D eigenvalue weighted by Gasteiger charge is 2.22. The van der Waals surface area contributed by atoms with Crippen LogP contribution in [0, 0.1) is 0 Å². The maximum absolute atomic E-state index is 12.5. The van der Waals surface area contributed by atoms with Crippen molar-refractivity contribution in [2.24, 2.45) is 0 Å². The standard InChI is InChI=1S/C20H23NO6S/c1-12(19(22)21-13-8-14(24-2)10-15(9-13)25-3)27-20(23)17-7-6-16(28-5)11-18(17)26-4/h6-12H,1-5H3,(H,21,22). The first-order valence-electron chi connectivity index (χ1n) is 8.38. The molecule has 0 aliphatic carbocycles. The number of hydrogen-bond acceptors (Lipinski definition) is 7. The van der Waals surface area contributed by atoms with E-state index in [0.29, 0.717) is 22.9 Å². The first-order chi connectivity index (χ1) is 13.4. The van der Waals surface area contributed by atoms with Crippen molar-refractivity contribution in [1.29, 1.82) is 0 Å². The summed E-state index contributed by atoms with van der Waals surface area (Å²) in [7, 11) is 4.50. The predicted octanol–water partition coefficient (Wildman–Crippen LogP) is 3.62. The van der Waals surface area contributed by atoms with E-state index in [2.05, 4.69) is 5.32 Å². The molecule has 28 heavy (non-hydrogen) atoms. The topological polar surface area (TPSA) is 83.1 Å². The Balaban J connectivity index is 2.09. The maximum Gasteiger partial charge on any atom is 0.342 e. The molecule has 1 atom stereocenters. The van der Waals surface area contributed by atoms with E-state index in [-0.39, 0.29) is 5.56 Å². The monoisotopic (exact) mass is 405 g/mol. The highest BCUT2D eigenvalue weighted by Crippen LogP contribution is 2.27. The van der Waals surface area contributed by atoms with Crippen LogP contribution in [-0.2, 0) is 9.53 Å². The molecule has 0 aliphatic rings. The minimum absolute atomic E-state index is 0.253. The van der Waals surface area contributed by atoms with Crippen LogP contribution in [0.2, 0.25) is 0 Å². The third-order valence-corrected chi connectivity index (χ3v) is 4.63. The maximum atomic E-state index is 12.5. The van der Waals surface area contributed by atoms with E-state index in [9.17, 15) is 9.59 Å². The highest BCUT2D eigenvalue weighted by atomic mass is 32.2. The summed E-state index contributed by atoms with van der Waals surface area (Å²) in [6.45, 7) is 1.49. The average Bonchev–Trinajstić information content (AvgIpc) is 2.72. The second-order valence-electron chi connectivity index (χ2n) is 5.70. The Morgan fingerprint density at radius 3 is 2.14 bits per heavy atom. The molecule has 0 fully saturated rings. The molecule has 1 N–H and O–H groups in total. The molecule has 0 spiro atoms. The van der Waals surface area contributed by atoms with E-state index in [1.807, 2.05) is 6.26 Å². The lowest BCUT2D eigenvalue weighted by Gasteiger charge is -2.16. The molecule has 150 valence electrons. The van der Waals surface area contributed by atoms with E-state index >= 15 is 0 Å². The number of nitrogens with one attached hydrogen (secondary N) is 1. The van der Waals surface area contributed by atoms with Crippen LogP contribution in [0.4, 0.5) is 5.69 Å². The van der Waals surface area contributed by atoms with Crippen molar-refractivity contribution in [2.45, 2.75) is 17.9 Å². The van der Waals surface area contributed by atoms with Crippen molar-refractivity contribution in [1.82, 2.24) is 0 Å². The number of amides is 1. The van der Waals surface area contributed by atoms with E-state index in [1.165, 1.54) is 40.0 Å². The Bertz CT molecular complexity index is 832. The number of carbonyl (C=O) groups is 2. The number of benzene rings is 2. The molecule has 0 aliphatic heterocycles. The van der Waals surface area contributed by atoms with Crippen molar-refractivity contribution in [2.75, 3.05) is 32.9 Å². The van der Waals surface area contributed by atoms with Gasteiger partial charge in [-0.05, 0) is 31.4 Å². The van der Waals surface area contributed by atoms with Gasteiger partial charge in [-0.3, -0.25) is 4.79 Å². The molecule has 0 aromatic heterocycles. The van der Waals surface area contributed by atoms with E-state index in [4.69, 9.17) is 18.9 Å². The summed E-state index contributed by atoms with van der Waals surface area (Å²) in [5, 5.41) is 2.68. The molecule has 1 amide bonds. The summed E-state index contributed by atoms with van der Waals surface area (Å²) >= 11 is 1.53. The third kappa shape index (κ3) is 5.32. The van der Waals surface area contributed by atoms with Gasteiger partial charge in [0.2, 0.25) is 0 Å². The zero-order chi connectivity index (χ0) is 20.7. The second-order valence-corrected chi connectivity index (χ2v) is 6.58. The molecule has 7 nitrogen and oxygen atoms in total.